The second-order valence-electron chi connectivity index (χ2n) is 16.1. The van der Waals surface area contributed by atoms with Crippen LogP contribution in [-0.2, 0) is 38.4 Å². The van der Waals surface area contributed by atoms with E-state index < -0.39 is 129 Å². The lowest BCUT2D eigenvalue weighted by molar-refractivity contribution is -0.142. The molecule has 8 amide bonds. The lowest BCUT2D eigenvalue weighted by Gasteiger charge is -2.33. The number of likely N-dealkylation sites (N-methyl/N-ethyl adjacent to an activating group) is 4. The number of amides is 8. The van der Waals surface area contributed by atoms with Crippen LogP contribution in [0.5, 0.6) is 11.5 Å². The first-order valence-corrected chi connectivity index (χ1v) is 26.0. The molecule has 6 rings (SSSR count). The predicted octanol–water partition coefficient (Wildman–Crippen LogP) is 0.850. The fraction of sp³-hybridized carbons (Fsp3) is 0.304. The number of hydrogen-bond donors (Lipinski definition) is 6. The molecule has 26 heteroatoms. The second-order valence-corrected chi connectivity index (χ2v) is 20.6. The Labute approximate surface area is 427 Å². The number of nitrogens with zero attached hydrogens (tertiary/aromatic N) is 6. The van der Waals surface area contributed by atoms with Crippen molar-refractivity contribution in [3.8, 4) is 11.5 Å². The van der Waals surface area contributed by atoms with Gasteiger partial charge in [-0.3, -0.25) is 47.9 Å². The first-order chi connectivity index (χ1) is 34.2. The molecule has 72 heavy (non-hydrogen) atoms. The van der Waals surface area contributed by atoms with Crippen LogP contribution in [0.2, 0.25) is 0 Å². The normalized spacial score (nSPS) is 21.4. The summed E-state index contributed by atoms with van der Waals surface area (Å²) in [5.74, 6) is -9.60. The zero-order valence-corrected chi connectivity index (χ0v) is 42.3. The van der Waals surface area contributed by atoms with E-state index in [4.69, 9.17) is 0 Å². The van der Waals surface area contributed by atoms with Crippen molar-refractivity contribution in [2.24, 2.45) is 0 Å². The van der Waals surface area contributed by atoms with Crippen molar-refractivity contribution in [2.45, 2.75) is 24.2 Å². The standard InChI is InChI=1S/C46H48N10O12S4/c1-23-45(67)69-19-29(51-41(63)37-33(57)15-25-11-7-9-13-27(25)49-37)39(61)47-18-36(60)56(6)32-22-72-71-21-31(43(65)53(23)3)55(5)35(59)17-48-40(62)30(20-70-46(68)24(2)54(4)44(32)66)52-42(64)38-34(58)16-26-12-8-10-14-28(26)50-38/h7-16,29-32,57-58H,1-2,17-22H2,3-6H3,(H,47,61)(H,48,62)(H,51,63)(H,52,64)/t29-,30-,31?,32?/m1/s1. The maximum atomic E-state index is 14.3. The van der Waals surface area contributed by atoms with Crippen LogP contribution in [0.1, 0.15) is 21.0 Å². The molecule has 2 saturated heterocycles. The monoisotopic (exact) mass is 1060 g/mol. The molecule has 2 bridgehead atoms. The van der Waals surface area contributed by atoms with Gasteiger partial charge in [0.05, 0.1) is 35.5 Å². The van der Waals surface area contributed by atoms with Gasteiger partial charge in [0.25, 0.3) is 23.6 Å². The number of carbonyl (C=O) groups is 10. The zero-order valence-electron chi connectivity index (χ0n) is 39.0. The van der Waals surface area contributed by atoms with E-state index in [1.165, 1.54) is 40.3 Å². The minimum Gasteiger partial charge on any atom is -0.505 e. The Morgan fingerprint density at radius 2 is 0.958 bits per heavy atom. The maximum absolute atomic E-state index is 14.3. The number of pyridine rings is 2. The Balaban J connectivity index is 1.31. The summed E-state index contributed by atoms with van der Waals surface area (Å²) in [6.07, 6.45) is 0. The molecule has 0 aliphatic carbocycles. The third kappa shape index (κ3) is 12.6. The quantitative estimate of drug-likeness (QED) is 0.122. The molecule has 4 heterocycles. The van der Waals surface area contributed by atoms with E-state index in [0.717, 1.165) is 41.2 Å². The third-order valence-corrected chi connectivity index (χ3v) is 15.8. The van der Waals surface area contributed by atoms with Gasteiger partial charge in [0, 0.05) is 62.0 Å². The van der Waals surface area contributed by atoms with Crippen LogP contribution in [0.15, 0.2) is 85.2 Å². The van der Waals surface area contributed by atoms with Crippen molar-refractivity contribution in [3.63, 3.8) is 0 Å². The van der Waals surface area contributed by atoms with Gasteiger partial charge in [0.1, 0.15) is 35.7 Å². The molecule has 2 aromatic heterocycles. The number of thioether (sulfide) groups is 2. The highest BCUT2D eigenvalue weighted by Crippen LogP contribution is 2.29. The number of aromatic hydroxyl groups is 2. The van der Waals surface area contributed by atoms with Crippen molar-refractivity contribution < 1.29 is 58.2 Å². The number of fused-ring (bicyclic) bond motifs is 7. The van der Waals surface area contributed by atoms with Gasteiger partial charge in [-0.05, 0) is 24.3 Å². The highest BCUT2D eigenvalue weighted by molar-refractivity contribution is 8.76. The lowest BCUT2D eigenvalue weighted by atomic mass is 10.1. The van der Waals surface area contributed by atoms with Crippen LogP contribution in [-0.4, -0.2) is 186 Å². The first-order valence-electron chi connectivity index (χ1n) is 21.6. The summed E-state index contributed by atoms with van der Waals surface area (Å²) >= 11 is 0.967. The number of carbonyl (C=O) groups excluding carboxylic acids is 10. The largest absolute Gasteiger partial charge is 0.505 e. The smallest absolute Gasteiger partial charge is 0.274 e. The average molecular weight is 1060 g/mol. The van der Waals surface area contributed by atoms with Crippen LogP contribution >= 0.6 is 45.1 Å². The summed E-state index contributed by atoms with van der Waals surface area (Å²) in [4.78, 5) is 151. The molecule has 2 unspecified atom stereocenters. The molecular weight excluding hydrogens is 1010 g/mol. The number of nitrogens with one attached hydrogen (secondary N) is 4. The minimum atomic E-state index is -1.58. The number of benzene rings is 2. The minimum absolute atomic E-state index is 0.185. The molecule has 2 fully saturated rings. The first kappa shape index (κ1) is 54.2. The molecule has 378 valence electrons. The molecule has 2 aromatic carbocycles. The van der Waals surface area contributed by atoms with Crippen LogP contribution in [0, 0.1) is 0 Å². The molecule has 2 aliphatic rings. The molecule has 2 aliphatic heterocycles. The van der Waals surface area contributed by atoms with E-state index in [-0.39, 0.29) is 22.9 Å². The van der Waals surface area contributed by atoms with Crippen molar-refractivity contribution >= 4 is 124 Å². The Morgan fingerprint density at radius 3 is 1.33 bits per heavy atom. The Morgan fingerprint density at radius 1 is 0.597 bits per heavy atom. The molecule has 0 saturated carbocycles. The SMILES string of the molecule is C=C1C(=O)SC[C@@H](NC(=O)c2nc3ccccc3cc2O)C(=O)NCC(=O)N(C)C2CSSCC(C(=O)N1C)N(C)C(=O)CNC(=O)[C@H](NC(=O)c1nc3ccccc3cc1O)CSC(=O)C(=C)N(C)C2=O. The van der Waals surface area contributed by atoms with Gasteiger partial charge >= 0.3 is 0 Å². The summed E-state index contributed by atoms with van der Waals surface area (Å²) in [6, 6.07) is 9.97. The fourth-order valence-corrected chi connectivity index (χ4v) is 11.2. The fourth-order valence-electron chi connectivity index (χ4n) is 6.93. The van der Waals surface area contributed by atoms with E-state index in [1.807, 2.05) is 0 Å². The molecule has 22 nitrogen and oxygen atoms in total. The number of hydrogen-bond acceptors (Lipinski definition) is 18. The van der Waals surface area contributed by atoms with Gasteiger partial charge in [-0.2, -0.15) is 0 Å². The van der Waals surface area contributed by atoms with Crippen molar-refractivity contribution in [1.29, 1.82) is 0 Å². The summed E-state index contributed by atoms with van der Waals surface area (Å²) in [7, 11) is 7.06. The molecule has 6 N–H and O–H groups in total. The third-order valence-electron chi connectivity index (χ3n) is 11.4. The summed E-state index contributed by atoms with van der Waals surface area (Å²) < 4.78 is 0. The van der Waals surface area contributed by atoms with Crippen LogP contribution in [0.4, 0.5) is 0 Å². The summed E-state index contributed by atoms with van der Waals surface area (Å²) in [5.41, 5.74) is -0.971. The maximum Gasteiger partial charge on any atom is 0.274 e. The summed E-state index contributed by atoms with van der Waals surface area (Å²) in [6.45, 7) is 6.10. The van der Waals surface area contributed by atoms with Crippen molar-refractivity contribution in [1.82, 2.24) is 50.8 Å². The van der Waals surface area contributed by atoms with Gasteiger partial charge in [-0.1, -0.05) is 94.7 Å². The van der Waals surface area contributed by atoms with Crippen LogP contribution in [0.3, 0.4) is 0 Å². The Hall–Kier alpha value is -7.16. The second kappa shape index (κ2) is 23.8. The summed E-state index contributed by atoms with van der Waals surface area (Å²) in [5, 5.41) is 30.6. The van der Waals surface area contributed by atoms with Gasteiger partial charge in [0.2, 0.25) is 33.9 Å². The molecular formula is C46H48N10O12S4. The zero-order chi connectivity index (χ0) is 52.6. The molecule has 4 atom stereocenters. The van der Waals surface area contributed by atoms with Gasteiger partial charge in [-0.15, -0.1) is 0 Å². The van der Waals surface area contributed by atoms with Gasteiger partial charge in [0.15, 0.2) is 11.4 Å². The predicted molar refractivity (Wildman–Crippen MR) is 272 cm³/mol. The highest BCUT2D eigenvalue weighted by Gasteiger charge is 2.37. The van der Waals surface area contributed by atoms with Crippen molar-refractivity contribution in [2.75, 3.05) is 64.3 Å². The average Bonchev–Trinajstić information content (AvgIpc) is 3.37. The van der Waals surface area contributed by atoms with Crippen molar-refractivity contribution in [3.05, 3.63) is 96.6 Å². The van der Waals surface area contributed by atoms with Crippen LogP contribution in [0.25, 0.3) is 21.8 Å². The van der Waals surface area contributed by atoms with Gasteiger partial charge in [-0.25, -0.2) is 9.97 Å². The lowest BCUT2D eigenvalue weighted by Crippen LogP contribution is -2.55. The Kier molecular flexibility index (Phi) is 17.9. The Bertz CT molecular complexity index is 2730. The van der Waals surface area contributed by atoms with Gasteiger partial charge < -0.3 is 51.1 Å². The molecule has 4 aromatic rings. The van der Waals surface area contributed by atoms with E-state index in [0.29, 0.717) is 45.3 Å². The van der Waals surface area contributed by atoms with E-state index in [1.54, 1.807) is 48.5 Å². The van der Waals surface area contributed by atoms with E-state index in [9.17, 15) is 58.2 Å². The molecule has 0 radical (unpaired) electrons. The van der Waals surface area contributed by atoms with Crippen LogP contribution < -0.4 is 21.3 Å². The number of para-hydroxylation sites is 2. The topological polar surface area (TPSA) is 298 Å². The molecule has 0 spiro atoms. The van der Waals surface area contributed by atoms with E-state index in [2.05, 4.69) is 44.4 Å². The number of rotatable bonds is 4. The highest BCUT2D eigenvalue weighted by atomic mass is 33.1. The van der Waals surface area contributed by atoms with E-state index >= 15 is 0 Å². The number of aromatic nitrogens is 2.